The number of aromatic carboxylic acids is 1. The topological polar surface area (TPSA) is 170 Å². The molecule has 1 radical (unpaired) electrons. The Morgan fingerprint density at radius 2 is 1.04 bits per heavy atom. The summed E-state index contributed by atoms with van der Waals surface area (Å²) >= 11 is 0. The molecule has 0 atom stereocenters. The van der Waals surface area contributed by atoms with Crippen LogP contribution in [-0.2, 0) is 17.1 Å². The number of carboxylic acid groups (broad SMARTS) is 1. The zero-order valence-corrected chi connectivity index (χ0v) is 27.2. The van der Waals surface area contributed by atoms with Gasteiger partial charge >= 0.3 is 23.0 Å². The van der Waals surface area contributed by atoms with Crippen molar-refractivity contribution in [1.29, 1.82) is 0 Å². The van der Waals surface area contributed by atoms with E-state index in [1.807, 2.05) is 36.4 Å². The van der Waals surface area contributed by atoms with Crippen LogP contribution in [0.1, 0.15) is 10.4 Å². The van der Waals surface area contributed by atoms with Crippen LogP contribution < -0.4 is 10.2 Å². The average Bonchev–Trinajstić information content (AvgIpc) is 3.01. The Bertz CT molecular complexity index is 1600. The number of para-hydroxylation sites is 3. The minimum Gasteiger partial charge on any atom is -0.871 e. The number of phenols is 1. The van der Waals surface area contributed by atoms with Crippen LogP contribution in [0, 0.1) is 0 Å². The van der Waals surface area contributed by atoms with E-state index in [0.717, 1.165) is 32.4 Å². The van der Waals surface area contributed by atoms with Gasteiger partial charge in [0, 0.05) is 62.2 Å². The van der Waals surface area contributed by atoms with Crippen LogP contribution in [-0.4, -0.2) is 74.6 Å². The number of aromatic hydroxyl groups is 1. The molecule has 0 saturated carbocycles. The maximum Gasteiger partial charge on any atom is 2.00 e. The van der Waals surface area contributed by atoms with Crippen LogP contribution in [0.3, 0.4) is 0 Å². The predicted octanol–water partition coefficient (Wildman–Crippen LogP) is 5.44. The van der Waals surface area contributed by atoms with E-state index in [0.29, 0.717) is 11.0 Å². The molecule has 0 aliphatic rings. The van der Waals surface area contributed by atoms with Gasteiger partial charge in [-0.15, -0.1) is 0 Å². The van der Waals surface area contributed by atoms with Crippen molar-refractivity contribution < 1.29 is 51.9 Å². The minimum absolute atomic E-state index is 0. The van der Waals surface area contributed by atoms with Crippen molar-refractivity contribution in [1.82, 2.24) is 19.8 Å². The normalized spacial score (nSPS) is 9.51. The Morgan fingerprint density at radius 3 is 1.38 bits per heavy atom. The molecule has 2 heterocycles. The van der Waals surface area contributed by atoms with Gasteiger partial charge in [-0.1, -0.05) is 72.2 Å². The second kappa shape index (κ2) is 19.7. The van der Waals surface area contributed by atoms with Crippen molar-refractivity contribution in [3.63, 3.8) is 0 Å². The van der Waals surface area contributed by atoms with Gasteiger partial charge in [0.2, 0.25) is 0 Å². The number of aromatic nitrogens is 2. The van der Waals surface area contributed by atoms with Gasteiger partial charge < -0.3 is 30.2 Å². The summed E-state index contributed by atoms with van der Waals surface area (Å²) in [7, 11) is 8.46. The maximum atomic E-state index is 11.1. The summed E-state index contributed by atoms with van der Waals surface area (Å²) in [4.78, 5) is 43.0. The first kappa shape index (κ1) is 38.5. The van der Waals surface area contributed by atoms with Crippen molar-refractivity contribution in [3.05, 3.63) is 103 Å². The van der Waals surface area contributed by atoms with Gasteiger partial charge in [0.25, 0.3) is 10.5 Å². The molecule has 0 aliphatic heterocycles. The Kier molecular flexibility index (Phi) is 16.9. The van der Waals surface area contributed by atoms with Crippen LogP contribution in [0.15, 0.2) is 97.3 Å². The third-order valence-corrected chi connectivity index (χ3v) is 7.44. The molecule has 0 aliphatic carbocycles. The summed E-state index contributed by atoms with van der Waals surface area (Å²) in [6, 6.07) is 23.5. The molecular weight excluding hydrogens is 668 g/mol. The molecule has 0 unspecified atom stereocenters. The number of pyridine rings is 2. The fraction of sp³-hybridized carbons (Fsp3) is 0.129. The first-order valence-electron chi connectivity index (χ1n) is 12.7. The van der Waals surface area contributed by atoms with Crippen molar-refractivity contribution in [2.24, 2.45) is 0 Å². The number of fused-ring (bicyclic) bond motifs is 2. The molecule has 0 bridgehead atoms. The minimum atomic E-state index is -1.11. The van der Waals surface area contributed by atoms with E-state index in [1.165, 1.54) is 34.1 Å². The summed E-state index contributed by atoms with van der Waals surface area (Å²) in [6.45, 7) is 0. The first-order chi connectivity index (χ1) is 20.9. The molecule has 14 heteroatoms. The van der Waals surface area contributed by atoms with E-state index in [2.05, 4.69) is 9.97 Å². The second-order valence-corrected chi connectivity index (χ2v) is 11.0. The van der Waals surface area contributed by atoms with Crippen LogP contribution in [0.5, 0.6) is 17.2 Å². The molecule has 239 valence electrons. The van der Waals surface area contributed by atoms with Gasteiger partial charge in [0.1, 0.15) is 11.3 Å². The Balaban J connectivity index is 0.000000298. The van der Waals surface area contributed by atoms with Crippen LogP contribution in [0.4, 0.5) is 9.59 Å². The molecule has 45 heavy (non-hydrogen) atoms. The fourth-order valence-corrected chi connectivity index (χ4v) is 4.79. The quantitative estimate of drug-likeness (QED) is 0.169. The third-order valence-electron chi connectivity index (χ3n) is 5.24. The molecule has 0 fully saturated rings. The van der Waals surface area contributed by atoms with E-state index in [1.54, 1.807) is 64.8 Å². The van der Waals surface area contributed by atoms with Gasteiger partial charge in [-0.3, -0.25) is 19.6 Å². The van der Waals surface area contributed by atoms with E-state index in [-0.39, 0.29) is 50.4 Å². The van der Waals surface area contributed by atoms with Crippen molar-refractivity contribution >= 4 is 59.8 Å². The Labute approximate surface area is 278 Å². The smallest absolute Gasteiger partial charge is 0.871 e. The number of amides is 2. The van der Waals surface area contributed by atoms with Crippen LogP contribution in [0.25, 0.3) is 21.8 Å². The zero-order chi connectivity index (χ0) is 32.6. The number of hydrogen-bond donors (Lipinski definition) is 2. The summed E-state index contributed by atoms with van der Waals surface area (Å²) in [5.41, 5.74) is 1.03. The number of hydrogen-bond acceptors (Lipinski definition) is 10. The fourth-order valence-electron chi connectivity index (χ4n) is 3.03. The van der Waals surface area contributed by atoms with E-state index >= 15 is 0 Å². The maximum absolute atomic E-state index is 11.1. The summed E-state index contributed by atoms with van der Waals surface area (Å²) < 4.78 is 0. The Morgan fingerprint density at radius 1 is 0.644 bits per heavy atom. The van der Waals surface area contributed by atoms with Gasteiger partial charge in [-0.05, 0) is 35.0 Å². The van der Waals surface area contributed by atoms with Gasteiger partial charge in [0.15, 0.2) is 0 Å². The average molecular weight is 698 g/mol. The predicted molar refractivity (Wildman–Crippen MR) is 171 cm³/mol. The first-order valence-corrected chi connectivity index (χ1v) is 14.9. The summed E-state index contributed by atoms with van der Waals surface area (Å²) in [6.07, 6.45) is 3.26. The number of rotatable bonds is 1. The molecule has 5 aromatic rings. The number of carbonyl (C=O) groups is 3. The molecule has 0 spiro atoms. The third kappa shape index (κ3) is 13.0. The Hall–Kier alpha value is -4.49. The number of carboxylic acids is 1. The molecular formula is C31H30CuN4O7S2. The SMILES string of the molecule is CN(C)C(=O)SSC(=O)N(C)C.O=C(O)c1ccccc1O.[Cu+2].[O-]c1cccc2cccnc12.[O-]c1cccc2cccnc12. The standard InChI is InChI=1S/2C9H7NO.C7H6O3.C6H12N2O2S2.Cu/c2*11-8-5-1-3-7-4-2-6-10-9(7)8;8-6-4-2-1-3-5(6)7(9)10;1-7(2)5(9)11-12-6(10)8(3)4;/h2*1-6,11H;1-4,8H,(H,9,10);1-4H3;/q;;;;+2/p-2. The molecule has 11 nitrogen and oxygen atoms in total. The molecule has 2 amide bonds. The largest absolute Gasteiger partial charge is 2.00 e. The van der Waals surface area contributed by atoms with E-state index < -0.39 is 5.97 Å². The van der Waals surface area contributed by atoms with E-state index in [9.17, 15) is 24.6 Å². The monoisotopic (exact) mass is 697 g/mol. The molecule has 2 N–H and O–H groups in total. The molecule has 5 rings (SSSR count). The number of benzene rings is 3. The van der Waals surface area contributed by atoms with Gasteiger partial charge in [-0.25, -0.2) is 4.79 Å². The van der Waals surface area contributed by atoms with E-state index in [4.69, 9.17) is 10.2 Å². The summed E-state index contributed by atoms with van der Waals surface area (Å²) in [5, 5.41) is 41.1. The number of nitrogens with zero attached hydrogens (tertiary/aromatic N) is 4. The van der Waals surface area contributed by atoms with Crippen LogP contribution in [0.2, 0.25) is 0 Å². The molecule has 3 aromatic carbocycles. The number of carbonyl (C=O) groups excluding carboxylic acids is 2. The summed E-state index contributed by atoms with van der Waals surface area (Å²) in [5.74, 6) is -1.33. The van der Waals surface area contributed by atoms with Crippen LogP contribution >= 0.6 is 21.6 Å². The molecule has 0 saturated heterocycles. The zero-order valence-electron chi connectivity index (χ0n) is 24.6. The molecule has 2 aromatic heterocycles. The van der Waals surface area contributed by atoms with Gasteiger partial charge in [0.05, 0.1) is 11.0 Å². The van der Waals surface area contributed by atoms with Crippen molar-refractivity contribution in [2.75, 3.05) is 28.2 Å². The van der Waals surface area contributed by atoms with Gasteiger partial charge in [-0.2, -0.15) is 0 Å². The van der Waals surface area contributed by atoms with Crippen molar-refractivity contribution in [3.8, 4) is 17.2 Å². The van der Waals surface area contributed by atoms with Crippen molar-refractivity contribution in [2.45, 2.75) is 0 Å². The second-order valence-electron chi connectivity index (χ2n) is 8.97.